The van der Waals surface area contributed by atoms with Gasteiger partial charge in [0.05, 0.1) is 16.6 Å². The predicted molar refractivity (Wildman–Crippen MR) is 167 cm³/mol. The highest BCUT2D eigenvalue weighted by Crippen LogP contribution is 2.53. The van der Waals surface area contributed by atoms with Crippen LogP contribution in [0.2, 0.25) is 5.02 Å². The second kappa shape index (κ2) is 11.8. The Balaban J connectivity index is 1.16. The van der Waals surface area contributed by atoms with Gasteiger partial charge in [-0.2, -0.15) is 5.06 Å². The molecule has 3 fully saturated rings. The SMILES string of the molecule is Cc1cccc(C[C@@H]2C[C@H]3C(=O)N(C)[C@@]4(C[C@H](C)CC[C@H]4C(C)C)N3O2)c1OCC(=O)N=Nc1c(O)[nH]c2c(Cl)cccc12. The molecule has 3 aliphatic rings. The lowest BCUT2D eigenvalue weighted by molar-refractivity contribution is -0.263. The molecule has 10 nitrogen and oxygen atoms in total. The molecule has 0 radical (unpaired) electrons. The van der Waals surface area contributed by atoms with Gasteiger partial charge in [-0.3, -0.25) is 14.4 Å². The van der Waals surface area contributed by atoms with Crippen molar-refractivity contribution in [3.05, 3.63) is 52.5 Å². The molecule has 2 amide bonds. The number of benzene rings is 2. The van der Waals surface area contributed by atoms with E-state index in [2.05, 4.69) is 36.0 Å². The number of carbonyl (C=O) groups is 2. The van der Waals surface area contributed by atoms with Gasteiger partial charge in [-0.05, 0) is 48.8 Å². The molecule has 234 valence electrons. The largest absolute Gasteiger partial charge is 0.493 e. The number of ether oxygens (including phenoxy) is 1. The van der Waals surface area contributed by atoms with Crippen molar-refractivity contribution in [3.8, 4) is 11.6 Å². The number of azo groups is 1. The molecular formula is C33H40ClN5O5. The number of amides is 2. The summed E-state index contributed by atoms with van der Waals surface area (Å²) in [4.78, 5) is 37.7. The van der Waals surface area contributed by atoms with Gasteiger partial charge in [0.2, 0.25) is 11.8 Å². The molecule has 2 aliphatic heterocycles. The minimum absolute atomic E-state index is 0.132. The minimum Gasteiger partial charge on any atom is -0.493 e. The standard InChI is InChI=1S/C33H40ClN5O5/c1-18(2)24-13-12-19(3)16-33(24)38(5)32(42)26-15-22(44-39(26)33)14-21-9-6-8-20(4)30(21)43-17-27(40)36-37-29-23-10-7-11-25(34)28(23)35-31(29)41/h6-11,18-19,22,24,26,35,41H,12-17H2,1-5H3/t19-,22-,24+,26+,33+/m1/s1. The maximum atomic E-state index is 13.6. The number of aromatic amines is 1. The maximum absolute atomic E-state index is 13.6. The normalized spacial score (nSPS) is 27.3. The van der Waals surface area contributed by atoms with Crippen LogP contribution in [-0.4, -0.2) is 63.3 Å². The summed E-state index contributed by atoms with van der Waals surface area (Å²) >= 11 is 6.18. The molecule has 0 unspecified atom stereocenters. The highest BCUT2D eigenvalue weighted by molar-refractivity contribution is 6.35. The fourth-order valence-corrected chi connectivity index (χ4v) is 7.91. The van der Waals surface area contributed by atoms with Crippen molar-refractivity contribution in [1.82, 2.24) is 14.9 Å². The van der Waals surface area contributed by atoms with Gasteiger partial charge < -0.3 is 19.7 Å². The summed E-state index contributed by atoms with van der Waals surface area (Å²) in [5.74, 6) is 1.16. The number of aromatic nitrogens is 1. The van der Waals surface area contributed by atoms with Gasteiger partial charge in [-0.25, -0.2) is 0 Å². The second-order valence-electron chi connectivity index (χ2n) is 13.0. The van der Waals surface area contributed by atoms with Crippen LogP contribution < -0.4 is 4.74 Å². The monoisotopic (exact) mass is 621 g/mol. The molecule has 1 aliphatic carbocycles. The summed E-state index contributed by atoms with van der Waals surface area (Å²) in [5.41, 5.74) is 1.99. The van der Waals surface area contributed by atoms with E-state index < -0.39 is 11.6 Å². The topological polar surface area (TPSA) is 120 Å². The van der Waals surface area contributed by atoms with Crippen LogP contribution in [0.3, 0.4) is 0 Å². The number of nitrogens with one attached hydrogen (secondary N) is 1. The summed E-state index contributed by atoms with van der Waals surface area (Å²) in [7, 11) is 1.95. The van der Waals surface area contributed by atoms with Crippen molar-refractivity contribution in [3.63, 3.8) is 0 Å². The minimum atomic E-state index is -0.602. The number of hydrogen-bond donors (Lipinski definition) is 2. The number of hydrogen-bond acceptors (Lipinski definition) is 7. The highest BCUT2D eigenvalue weighted by Gasteiger charge is 2.64. The Bertz CT molecular complexity index is 1620. The molecule has 1 spiro atoms. The van der Waals surface area contributed by atoms with Crippen LogP contribution in [0.4, 0.5) is 5.69 Å². The van der Waals surface area contributed by atoms with Crippen LogP contribution in [0.5, 0.6) is 11.6 Å². The molecule has 5 atom stereocenters. The summed E-state index contributed by atoms with van der Waals surface area (Å²) in [6.07, 6.45) is 4.08. The van der Waals surface area contributed by atoms with Crippen molar-refractivity contribution in [1.29, 1.82) is 0 Å². The summed E-state index contributed by atoms with van der Waals surface area (Å²) in [5, 5.41) is 21.1. The zero-order chi connectivity index (χ0) is 31.3. The molecule has 3 heterocycles. The Morgan fingerprint density at radius 2 is 2.02 bits per heavy atom. The molecule has 44 heavy (non-hydrogen) atoms. The van der Waals surface area contributed by atoms with Crippen molar-refractivity contribution in [2.24, 2.45) is 28.0 Å². The molecule has 3 aromatic rings. The van der Waals surface area contributed by atoms with E-state index in [1.54, 1.807) is 18.2 Å². The zero-order valence-electron chi connectivity index (χ0n) is 25.8. The van der Waals surface area contributed by atoms with Gasteiger partial charge in [-0.15, -0.1) is 10.2 Å². The summed E-state index contributed by atoms with van der Waals surface area (Å²) < 4.78 is 6.01. The number of carbonyl (C=O) groups excluding carboxylic acids is 2. The average Bonchev–Trinajstić information content (AvgIpc) is 3.60. The van der Waals surface area contributed by atoms with Crippen LogP contribution in [-0.2, 0) is 20.8 Å². The van der Waals surface area contributed by atoms with E-state index in [1.165, 1.54) is 0 Å². The Morgan fingerprint density at radius 1 is 1.25 bits per heavy atom. The third kappa shape index (κ3) is 5.16. The van der Waals surface area contributed by atoms with Crippen LogP contribution in [0, 0.1) is 24.7 Å². The number of aryl methyl sites for hydroxylation is 1. The molecule has 6 rings (SSSR count). The summed E-state index contributed by atoms with van der Waals surface area (Å²) in [6.45, 7) is 8.37. The van der Waals surface area contributed by atoms with Crippen LogP contribution in [0.25, 0.3) is 10.9 Å². The van der Waals surface area contributed by atoms with Crippen LogP contribution in [0.1, 0.15) is 57.6 Å². The van der Waals surface area contributed by atoms with E-state index in [4.69, 9.17) is 21.2 Å². The first-order valence-corrected chi connectivity index (χ1v) is 15.8. The molecule has 11 heteroatoms. The lowest BCUT2D eigenvalue weighted by Gasteiger charge is -2.52. The number of H-pyrrole nitrogens is 1. The number of nitrogens with zero attached hydrogens (tertiary/aromatic N) is 4. The maximum Gasteiger partial charge on any atom is 0.302 e. The van der Waals surface area contributed by atoms with E-state index in [0.717, 1.165) is 30.4 Å². The second-order valence-corrected chi connectivity index (χ2v) is 13.4. The van der Waals surface area contributed by atoms with Gasteiger partial charge in [0.1, 0.15) is 17.5 Å². The van der Waals surface area contributed by atoms with Crippen LogP contribution in [0.15, 0.2) is 46.6 Å². The van der Waals surface area contributed by atoms with E-state index in [9.17, 15) is 14.7 Å². The number of likely N-dealkylation sites (N-methyl/N-ethyl adjacent to an activating group) is 1. The third-order valence-electron chi connectivity index (χ3n) is 9.71. The average molecular weight is 622 g/mol. The van der Waals surface area contributed by atoms with Crippen molar-refractivity contribution in [2.75, 3.05) is 13.7 Å². The first-order valence-electron chi connectivity index (χ1n) is 15.4. The van der Waals surface area contributed by atoms with Crippen molar-refractivity contribution >= 4 is 40.0 Å². The molecule has 2 aromatic carbocycles. The van der Waals surface area contributed by atoms with Gasteiger partial charge in [0.15, 0.2) is 12.3 Å². The van der Waals surface area contributed by atoms with Crippen molar-refractivity contribution in [2.45, 2.75) is 77.6 Å². The molecule has 2 saturated heterocycles. The predicted octanol–water partition coefficient (Wildman–Crippen LogP) is 6.70. The first kappa shape index (κ1) is 30.6. The lowest BCUT2D eigenvalue weighted by atomic mass is 9.69. The first-order chi connectivity index (χ1) is 21.0. The Morgan fingerprint density at radius 3 is 2.80 bits per heavy atom. The van der Waals surface area contributed by atoms with E-state index in [0.29, 0.717) is 52.3 Å². The van der Waals surface area contributed by atoms with Crippen LogP contribution >= 0.6 is 11.6 Å². The number of para-hydroxylation sites is 2. The fraction of sp³-hybridized carbons (Fsp3) is 0.515. The molecular weight excluding hydrogens is 582 g/mol. The Kier molecular flexibility index (Phi) is 8.19. The number of fused-ring (bicyclic) bond motifs is 3. The molecule has 0 bridgehead atoms. The third-order valence-corrected chi connectivity index (χ3v) is 10.0. The Hall–Kier alpha value is -3.47. The van der Waals surface area contributed by atoms with Gasteiger partial charge in [-0.1, -0.05) is 69.1 Å². The quantitative estimate of drug-likeness (QED) is 0.283. The van der Waals surface area contributed by atoms with E-state index in [1.807, 2.05) is 42.1 Å². The number of aromatic hydroxyl groups is 1. The summed E-state index contributed by atoms with van der Waals surface area (Å²) in [6, 6.07) is 10.7. The number of rotatable bonds is 7. The van der Waals surface area contributed by atoms with Crippen molar-refractivity contribution < 1.29 is 24.3 Å². The van der Waals surface area contributed by atoms with Gasteiger partial charge in [0, 0.05) is 31.2 Å². The molecule has 2 N–H and O–H groups in total. The lowest BCUT2D eigenvalue weighted by Crippen LogP contribution is -2.61. The number of hydroxylamine groups is 2. The number of halogens is 1. The molecule has 1 aromatic heterocycles. The highest BCUT2D eigenvalue weighted by atomic mass is 35.5. The van der Waals surface area contributed by atoms with Gasteiger partial charge in [0.25, 0.3) is 0 Å². The van der Waals surface area contributed by atoms with Gasteiger partial charge >= 0.3 is 5.91 Å². The van der Waals surface area contributed by atoms with E-state index in [-0.39, 0.29) is 36.2 Å². The Labute approximate surface area is 262 Å². The fourth-order valence-electron chi connectivity index (χ4n) is 7.68. The molecule has 1 saturated carbocycles. The van der Waals surface area contributed by atoms with E-state index >= 15 is 0 Å². The zero-order valence-corrected chi connectivity index (χ0v) is 26.6. The smallest absolute Gasteiger partial charge is 0.302 e.